The van der Waals surface area contributed by atoms with Crippen molar-refractivity contribution in [3.05, 3.63) is 11.6 Å². The average Bonchev–Trinajstić information content (AvgIpc) is 3.15. The number of fused-ring (bicyclic) bond motifs is 7. The molecule has 6 fully saturated rings. The largest absolute Gasteiger partial charge is 0.396 e. The smallest absolute Gasteiger partial charge is 0.187 e. The summed E-state index contributed by atoms with van der Waals surface area (Å²) in [4.78, 5) is 0. The van der Waals surface area contributed by atoms with Gasteiger partial charge in [-0.3, -0.25) is 0 Å². The molecule has 57 heavy (non-hydrogen) atoms. The molecule has 0 amide bonds. The van der Waals surface area contributed by atoms with Crippen molar-refractivity contribution in [3.8, 4) is 0 Å². The van der Waals surface area contributed by atoms with Gasteiger partial charge in [-0.2, -0.15) is 0 Å². The van der Waals surface area contributed by atoms with Crippen LogP contribution in [0.1, 0.15) is 99.8 Å². The molecule has 0 aromatic rings. The van der Waals surface area contributed by atoms with Crippen LogP contribution in [0.15, 0.2) is 11.6 Å². The summed E-state index contributed by atoms with van der Waals surface area (Å²) >= 11 is 0. The number of hydrogen-bond acceptors (Lipinski definition) is 14. The van der Waals surface area contributed by atoms with Crippen LogP contribution in [0, 0.1) is 50.2 Å². The van der Waals surface area contributed by atoms with Crippen molar-refractivity contribution in [2.24, 2.45) is 50.2 Å². The van der Waals surface area contributed by atoms with Crippen LogP contribution >= 0.6 is 0 Å². The molecule has 2 heterocycles. The molecule has 2 aliphatic heterocycles. The quantitative estimate of drug-likeness (QED) is 0.125. The Kier molecular flexibility index (Phi) is 11.8. The van der Waals surface area contributed by atoms with Crippen LogP contribution in [0.25, 0.3) is 0 Å². The maximum absolute atomic E-state index is 12.1. The minimum absolute atomic E-state index is 0.0308. The number of ether oxygens (including phenoxy) is 5. The highest BCUT2D eigenvalue weighted by Crippen LogP contribution is 2.76. The molecule has 14 nitrogen and oxygen atoms in total. The van der Waals surface area contributed by atoms with E-state index in [1.807, 2.05) is 0 Å². The molecule has 0 aromatic heterocycles. The summed E-state index contributed by atoms with van der Waals surface area (Å²) in [6.45, 7) is 14.8. The van der Waals surface area contributed by atoms with Crippen molar-refractivity contribution in [3.63, 3.8) is 0 Å². The van der Waals surface area contributed by atoms with E-state index < -0.39 is 97.7 Å². The standard InChI is InChI=1S/C43H72O14/c1-38(2)13-14-43(20-46)22(16-38)21-15-23(53-8)35-40(5)11-10-28(39(3,4)26(40)9-12-41(35,6)42(21,7)17-27(43)47)56-36-33(52)31(50)34(25(19-45)55-36)57-37-32(51)30(49)29(48)24(18-44)54-37/h15,22-37,44-52H,9-14,16-20H2,1-8H3/t22-,23+,24+,25+,26-,27-,28-,29+,30-,31+,32+,33+,34-,35+,36-,37-,40-,41+,42+,43+/m0/s1. The molecule has 0 aromatic carbocycles. The lowest BCUT2D eigenvalue weighted by molar-refractivity contribution is -0.369. The summed E-state index contributed by atoms with van der Waals surface area (Å²) in [6, 6.07) is 0. The molecule has 4 saturated carbocycles. The minimum Gasteiger partial charge on any atom is -0.396 e. The summed E-state index contributed by atoms with van der Waals surface area (Å²) < 4.78 is 30.5. The van der Waals surface area contributed by atoms with Crippen LogP contribution in [0.2, 0.25) is 0 Å². The van der Waals surface area contributed by atoms with Gasteiger partial charge in [-0.25, -0.2) is 0 Å². The third-order valence-electron chi connectivity index (χ3n) is 17.6. The van der Waals surface area contributed by atoms with Crippen molar-refractivity contribution in [2.45, 2.75) is 180 Å². The van der Waals surface area contributed by atoms with E-state index in [0.29, 0.717) is 12.8 Å². The third-order valence-corrected chi connectivity index (χ3v) is 17.6. The second kappa shape index (κ2) is 15.2. The van der Waals surface area contributed by atoms with Crippen LogP contribution in [0.4, 0.5) is 0 Å². The summed E-state index contributed by atoms with van der Waals surface area (Å²) in [7, 11) is 1.80. The third kappa shape index (κ3) is 6.56. The van der Waals surface area contributed by atoms with Gasteiger partial charge in [0.25, 0.3) is 0 Å². The second-order valence-electron chi connectivity index (χ2n) is 21.2. The van der Waals surface area contributed by atoms with E-state index in [-0.39, 0.29) is 52.1 Å². The van der Waals surface area contributed by atoms with Gasteiger partial charge < -0.3 is 69.6 Å². The lowest BCUT2D eigenvalue weighted by atomic mass is 9.33. The monoisotopic (exact) mass is 812 g/mol. The van der Waals surface area contributed by atoms with Crippen molar-refractivity contribution in [1.82, 2.24) is 0 Å². The number of allylic oxidation sites excluding steroid dienone is 1. The van der Waals surface area contributed by atoms with E-state index in [2.05, 4.69) is 54.5 Å². The number of methoxy groups -OCH3 is 1. The maximum Gasteiger partial charge on any atom is 0.187 e. The van der Waals surface area contributed by atoms with E-state index >= 15 is 0 Å². The van der Waals surface area contributed by atoms with Gasteiger partial charge in [-0.15, -0.1) is 0 Å². The van der Waals surface area contributed by atoms with Crippen LogP contribution in [-0.4, -0.2) is 153 Å². The zero-order chi connectivity index (χ0) is 41.8. The molecule has 20 atom stereocenters. The molecule has 2 saturated heterocycles. The predicted octanol–water partition coefficient (Wildman–Crippen LogP) is 1.39. The Morgan fingerprint density at radius 3 is 1.96 bits per heavy atom. The van der Waals surface area contributed by atoms with Gasteiger partial charge in [0.05, 0.1) is 38.1 Å². The molecular weight excluding hydrogens is 740 g/mol. The van der Waals surface area contributed by atoms with Gasteiger partial charge in [0.15, 0.2) is 12.6 Å². The predicted molar refractivity (Wildman–Crippen MR) is 205 cm³/mol. The molecule has 14 heteroatoms. The first-order valence-corrected chi connectivity index (χ1v) is 21.4. The maximum atomic E-state index is 12.1. The Balaban J connectivity index is 1.12. The second-order valence-corrected chi connectivity index (χ2v) is 21.2. The van der Waals surface area contributed by atoms with Gasteiger partial charge in [0.2, 0.25) is 0 Å². The topological polar surface area (TPSA) is 228 Å². The van der Waals surface area contributed by atoms with Crippen molar-refractivity contribution >= 4 is 0 Å². The molecule has 9 N–H and O–H groups in total. The molecular formula is C43H72O14. The highest BCUT2D eigenvalue weighted by atomic mass is 16.7. The Hall–Kier alpha value is -0.820. The van der Waals surface area contributed by atoms with E-state index in [4.69, 9.17) is 23.7 Å². The molecule has 0 radical (unpaired) electrons. The normalized spacial score (nSPS) is 54.4. The molecule has 0 bridgehead atoms. The number of hydrogen-bond donors (Lipinski definition) is 9. The summed E-state index contributed by atoms with van der Waals surface area (Å²) in [6.07, 6.45) is -7.45. The van der Waals surface area contributed by atoms with Crippen molar-refractivity contribution < 1.29 is 69.6 Å². The molecule has 7 aliphatic rings. The van der Waals surface area contributed by atoms with Gasteiger partial charge in [0.1, 0.15) is 48.8 Å². The van der Waals surface area contributed by atoms with Crippen molar-refractivity contribution in [1.29, 1.82) is 0 Å². The highest BCUT2D eigenvalue weighted by molar-refractivity contribution is 5.37. The van der Waals surface area contributed by atoms with E-state index in [1.165, 1.54) is 5.57 Å². The highest BCUT2D eigenvalue weighted by Gasteiger charge is 2.72. The first-order chi connectivity index (χ1) is 26.6. The lowest BCUT2D eigenvalue weighted by Crippen LogP contribution is -2.70. The Morgan fingerprint density at radius 2 is 1.33 bits per heavy atom. The first kappa shape index (κ1) is 44.2. The minimum atomic E-state index is -1.75. The average molecular weight is 813 g/mol. The molecule has 0 unspecified atom stereocenters. The Labute approximate surface area is 337 Å². The zero-order valence-corrected chi connectivity index (χ0v) is 35.2. The number of aliphatic hydroxyl groups is 9. The Morgan fingerprint density at radius 1 is 0.702 bits per heavy atom. The van der Waals surface area contributed by atoms with E-state index in [0.717, 1.165) is 38.5 Å². The van der Waals surface area contributed by atoms with E-state index in [1.54, 1.807) is 7.11 Å². The fraction of sp³-hybridized carbons (Fsp3) is 0.953. The van der Waals surface area contributed by atoms with Gasteiger partial charge >= 0.3 is 0 Å². The fourth-order valence-corrected chi connectivity index (χ4v) is 14.0. The zero-order valence-electron chi connectivity index (χ0n) is 35.2. The van der Waals surface area contributed by atoms with Crippen LogP contribution in [0.5, 0.6) is 0 Å². The first-order valence-electron chi connectivity index (χ1n) is 21.4. The lowest BCUT2D eigenvalue weighted by Gasteiger charge is -2.73. The molecule has 0 spiro atoms. The number of rotatable bonds is 8. The van der Waals surface area contributed by atoms with Gasteiger partial charge in [-0.05, 0) is 90.3 Å². The summed E-state index contributed by atoms with van der Waals surface area (Å²) in [5, 5.41) is 96.8. The van der Waals surface area contributed by atoms with Crippen LogP contribution in [0.3, 0.4) is 0 Å². The SMILES string of the molecule is CO[C@@H]1C=C2[C@@H]3CC(C)(C)CC[C@]3(CO)[C@@H](O)C[C@@]2(C)[C@]2(C)CC[C@H]3C(C)(C)[C@@H](O[C@@H]4O[C@H](CO)[C@H](O[C@@H]5O[C@H](CO)[C@@H](O)[C@H](O)[C@H]5O)[C@H](O)[C@H]4O)CC[C@]3(C)[C@@H]12. The summed E-state index contributed by atoms with van der Waals surface area (Å²) in [5.41, 5.74) is -0.264. The fourth-order valence-electron chi connectivity index (χ4n) is 14.0. The Bertz CT molecular complexity index is 1490. The van der Waals surface area contributed by atoms with Crippen LogP contribution in [-0.2, 0) is 23.7 Å². The number of aliphatic hydroxyl groups excluding tert-OH is 9. The van der Waals surface area contributed by atoms with Crippen LogP contribution < -0.4 is 0 Å². The van der Waals surface area contributed by atoms with Crippen molar-refractivity contribution in [2.75, 3.05) is 26.9 Å². The molecule has 7 rings (SSSR count). The van der Waals surface area contributed by atoms with E-state index in [9.17, 15) is 46.0 Å². The summed E-state index contributed by atoms with van der Waals surface area (Å²) in [5.74, 6) is 0.340. The molecule has 328 valence electrons. The van der Waals surface area contributed by atoms with Gasteiger partial charge in [0, 0.05) is 18.4 Å². The molecule has 5 aliphatic carbocycles. The van der Waals surface area contributed by atoms with Gasteiger partial charge in [-0.1, -0.05) is 60.1 Å².